The summed E-state index contributed by atoms with van der Waals surface area (Å²) in [6, 6.07) is 9.66. The highest BCUT2D eigenvalue weighted by atomic mass is 32.2. The van der Waals surface area contributed by atoms with Crippen LogP contribution in [0.15, 0.2) is 57.3 Å². The van der Waals surface area contributed by atoms with E-state index in [0.717, 1.165) is 11.8 Å². The van der Waals surface area contributed by atoms with Crippen molar-refractivity contribution in [1.29, 1.82) is 0 Å². The van der Waals surface area contributed by atoms with Crippen molar-refractivity contribution in [3.8, 4) is 11.4 Å². The van der Waals surface area contributed by atoms with Gasteiger partial charge in [-0.15, -0.1) is 0 Å². The summed E-state index contributed by atoms with van der Waals surface area (Å²) in [5.74, 6) is 0.604. The predicted octanol–water partition coefficient (Wildman–Crippen LogP) is 3.18. The molecule has 2 aromatic carbocycles. The molecule has 10 nitrogen and oxygen atoms in total. The van der Waals surface area contributed by atoms with Gasteiger partial charge in [0, 0.05) is 34.6 Å². The second-order valence-corrected chi connectivity index (χ2v) is 10.9. The number of H-pyrrole nitrogens is 1. The van der Waals surface area contributed by atoms with Gasteiger partial charge in [0.2, 0.25) is 10.0 Å². The Morgan fingerprint density at radius 1 is 1.06 bits per heavy atom. The van der Waals surface area contributed by atoms with Crippen molar-refractivity contribution < 1.29 is 18.4 Å². The number of rotatable bonds is 7. The molecule has 11 heteroatoms. The fourth-order valence-electron chi connectivity index (χ4n) is 3.66. The van der Waals surface area contributed by atoms with Gasteiger partial charge < -0.3 is 9.94 Å². The highest BCUT2D eigenvalue weighted by molar-refractivity contribution is 7.92. The van der Waals surface area contributed by atoms with E-state index in [0.29, 0.717) is 33.8 Å². The molecule has 0 bridgehead atoms. The van der Waals surface area contributed by atoms with Crippen LogP contribution in [0.5, 0.6) is 5.75 Å². The highest BCUT2D eigenvalue weighted by Crippen LogP contribution is 2.37. The first-order valence-electron chi connectivity index (χ1n) is 10.8. The van der Waals surface area contributed by atoms with E-state index in [9.17, 15) is 18.0 Å². The first-order chi connectivity index (χ1) is 16.8. The fourth-order valence-corrected chi connectivity index (χ4v) is 4.22. The summed E-state index contributed by atoms with van der Waals surface area (Å²) >= 11 is 0. The first kappa shape index (κ1) is 26.5. The lowest BCUT2D eigenvalue weighted by atomic mass is 9.84. The number of hydrogen-bond donors (Lipinski definition) is 3. The monoisotopic (exact) mass is 512 g/mol. The smallest absolute Gasteiger partial charge is 0.332 e. The summed E-state index contributed by atoms with van der Waals surface area (Å²) in [4.78, 5) is 26.3. The molecular weight excluding hydrogens is 484 g/mol. The van der Waals surface area contributed by atoms with E-state index in [2.05, 4.69) is 14.9 Å². The third-order valence-electron chi connectivity index (χ3n) is 5.25. The summed E-state index contributed by atoms with van der Waals surface area (Å²) in [7, 11) is -1.92. The minimum Gasteiger partial charge on any atom is -0.496 e. The molecule has 0 aliphatic rings. The number of benzene rings is 2. The Bertz CT molecular complexity index is 1560. The molecule has 190 valence electrons. The van der Waals surface area contributed by atoms with Gasteiger partial charge >= 0.3 is 5.69 Å². The number of nitrogens with one attached hydrogen (secondary N) is 2. The zero-order valence-electron chi connectivity index (χ0n) is 20.6. The highest BCUT2D eigenvalue weighted by Gasteiger charge is 2.22. The van der Waals surface area contributed by atoms with Crippen molar-refractivity contribution in [3.05, 3.63) is 85.7 Å². The largest absolute Gasteiger partial charge is 0.496 e. The molecule has 3 rings (SSSR count). The number of aromatic nitrogens is 2. The minimum absolute atomic E-state index is 0.316. The molecule has 0 saturated heterocycles. The maximum Gasteiger partial charge on any atom is 0.332 e. The van der Waals surface area contributed by atoms with Crippen molar-refractivity contribution >= 4 is 34.1 Å². The maximum atomic E-state index is 12.5. The molecule has 36 heavy (non-hydrogen) atoms. The normalized spacial score (nSPS) is 12.4. The summed E-state index contributed by atoms with van der Waals surface area (Å²) in [6.07, 6.45) is 7.18. The number of aromatic amines is 1. The quantitative estimate of drug-likeness (QED) is 0.192. The van der Waals surface area contributed by atoms with Crippen LogP contribution in [0.4, 0.5) is 5.69 Å². The lowest BCUT2D eigenvalue weighted by Gasteiger charge is -2.25. The third kappa shape index (κ3) is 6.30. The van der Waals surface area contributed by atoms with Crippen LogP contribution in [-0.4, -0.2) is 42.8 Å². The topological polar surface area (TPSA) is 143 Å². The Balaban J connectivity index is 2.19. The number of sulfonamides is 1. The minimum atomic E-state index is -3.48. The molecule has 0 radical (unpaired) electrons. The number of anilines is 1. The molecule has 3 aromatic rings. The summed E-state index contributed by atoms with van der Waals surface area (Å²) < 4.78 is 32.6. The van der Waals surface area contributed by atoms with Crippen LogP contribution in [0.2, 0.25) is 0 Å². The number of oxime groups is 1. The van der Waals surface area contributed by atoms with Crippen LogP contribution in [0, 0.1) is 0 Å². The lowest BCUT2D eigenvalue weighted by Crippen LogP contribution is -2.28. The SMILES string of the molecule is COc1c(/C=C/c2ccc(NS(C)(=O)=O)cc2/C=N/O)cc(-n2ccc(=O)[nH]c2=O)cc1C(C)(C)C. The van der Waals surface area contributed by atoms with E-state index >= 15 is 0 Å². The molecule has 0 aliphatic carbocycles. The first-order valence-corrected chi connectivity index (χ1v) is 12.7. The van der Waals surface area contributed by atoms with E-state index in [-0.39, 0.29) is 5.41 Å². The van der Waals surface area contributed by atoms with Gasteiger partial charge in [-0.25, -0.2) is 13.2 Å². The van der Waals surface area contributed by atoms with Crippen LogP contribution in [0.25, 0.3) is 17.8 Å². The van der Waals surface area contributed by atoms with Crippen LogP contribution in [0.1, 0.15) is 43.0 Å². The van der Waals surface area contributed by atoms with Gasteiger partial charge in [-0.1, -0.05) is 44.1 Å². The Morgan fingerprint density at radius 2 is 1.75 bits per heavy atom. The van der Waals surface area contributed by atoms with Gasteiger partial charge in [0.25, 0.3) is 5.56 Å². The van der Waals surface area contributed by atoms with Crippen LogP contribution >= 0.6 is 0 Å². The third-order valence-corrected chi connectivity index (χ3v) is 5.85. The zero-order valence-corrected chi connectivity index (χ0v) is 21.4. The van der Waals surface area contributed by atoms with Crippen LogP contribution < -0.4 is 20.7 Å². The van der Waals surface area contributed by atoms with Crippen LogP contribution in [-0.2, 0) is 15.4 Å². The van der Waals surface area contributed by atoms with Gasteiger partial charge in [0.1, 0.15) is 5.75 Å². The van der Waals surface area contributed by atoms with E-state index in [1.165, 1.54) is 29.1 Å². The van der Waals surface area contributed by atoms with Gasteiger partial charge in [-0.05, 0) is 35.2 Å². The molecule has 1 aromatic heterocycles. The van der Waals surface area contributed by atoms with Gasteiger partial charge in [0.05, 0.1) is 25.3 Å². The van der Waals surface area contributed by atoms with E-state index in [1.807, 2.05) is 26.8 Å². The maximum absolute atomic E-state index is 12.5. The van der Waals surface area contributed by atoms with E-state index in [4.69, 9.17) is 9.94 Å². The van der Waals surface area contributed by atoms with E-state index < -0.39 is 21.3 Å². The van der Waals surface area contributed by atoms with Gasteiger partial charge in [0.15, 0.2) is 0 Å². The van der Waals surface area contributed by atoms with Crippen molar-refractivity contribution in [3.63, 3.8) is 0 Å². The van der Waals surface area contributed by atoms with Crippen molar-refractivity contribution in [1.82, 2.24) is 9.55 Å². The summed E-state index contributed by atoms with van der Waals surface area (Å²) in [5.41, 5.74) is 2.04. The predicted molar refractivity (Wildman–Crippen MR) is 141 cm³/mol. The zero-order chi connectivity index (χ0) is 26.7. The number of ether oxygens (including phenoxy) is 1. The van der Waals surface area contributed by atoms with Crippen molar-refractivity contribution in [2.45, 2.75) is 26.2 Å². The van der Waals surface area contributed by atoms with Crippen molar-refractivity contribution in [2.24, 2.45) is 5.16 Å². The number of nitrogens with zero attached hydrogens (tertiary/aromatic N) is 2. The average molecular weight is 513 g/mol. The molecule has 0 unspecified atom stereocenters. The Morgan fingerprint density at radius 3 is 2.33 bits per heavy atom. The van der Waals surface area contributed by atoms with Gasteiger partial charge in [-0.3, -0.25) is 19.1 Å². The molecule has 0 saturated carbocycles. The van der Waals surface area contributed by atoms with Crippen molar-refractivity contribution in [2.75, 3.05) is 18.1 Å². The molecule has 0 aliphatic heterocycles. The standard InChI is InChI=1S/C25H28N4O6S/c1-25(2,3)21-14-20(29-11-10-22(30)27-24(29)31)13-17(23(21)35-4)7-6-16-8-9-19(28-36(5,33)34)12-18(16)15-26-32/h6-15,28,32H,1-5H3,(H,27,30,31)/b7-6+,26-15+. The Labute approximate surface area is 208 Å². The second-order valence-electron chi connectivity index (χ2n) is 9.14. The average Bonchev–Trinajstić information content (AvgIpc) is 2.76. The summed E-state index contributed by atoms with van der Waals surface area (Å²) in [5, 5.41) is 12.2. The number of methoxy groups -OCH3 is 1. The molecule has 1 heterocycles. The Kier molecular flexibility index (Phi) is 7.54. The summed E-state index contributed by atoms with van der Waals surface area (Å²) in [6.45, 7) is 6.04. The fraction of sp³-hybridized carbons (Fsp3) is 0.240. The molecule has 3 N–H and O–H groups in total. The molecule has 0 fully saturated rings. The molecular formula is C25H28N4O6S. The lowest BCUT2D eigenvalue weighted by molar-refractivity contribution is 0.322. The second kappa shape index (κ2) is 10.2. The molecule has 0 spiro atoms. The molecule has 0 atom stereocenters. The molecule has 0 amide bonds. The van der Waals surface area contributed by atoms with Gasteiger partial charge in [-0.2, -0.15) is 0 Å². The number of hydrogen-bond acceptors (Lipinski definition) is 7. The van der Waals surface area contributed by atoms with E-state index in [1.54, 1.807) is 37.5 Å². The van der Waals surface area contributed by atoms with Crippen LogP contribution in [0.3, 0.4) is 0 Å². The Hall–Kier alpha value is -4.12.